The third-order valence-corrected chi connectivity index (χ3v) is 5.06. The molecule has 3 aromatic carbocycles. The topological polar surface area (TPSA) is 81.8 Å². The number of hydrogen-bond donors (Lipinski definition) is 2. The lowest BCUT2D eigenvalue weighted by molar-refractivity contribution is -0.136. The standard InChI is InChI=1S/C26H28FNO4/c1-3-31-15-18-11-19(16-32-24-10-5-4-7-20(24)14-25(29)30)13-21(12-18)23-9-6-8-22(17(2)28)26(23)27/h4-13,17H,3,14-16,28H2,1-2H3,(H,29,30)/t17-/m1/s1. The second-order valence-corrected chi connectivity index (χ2v) is 7.64. The highest BCUT2D eigenvalue weighted by molar-refractivity contribution is 5.71. The van der Waals surface area contributed by atoms with Crippen LogP contribution >= 0.6 is 0 Å². The normalized spacial score (nSPS) is 11.9. The Labute approximate surface area is 187 Å². The summed E-state index contributed by atoms with van der Waals surface area (Å²) in [4.78, 5) is 11.1. The Balaban J connectivity index is 1.94. The highest BCUT2D eigenvalue weighted by atomic mass is 19.1. The first-order valence-corrected chi connectivity index (χ1v) is 10.6. The van der Waals surface area contributed by atoms with E-state index < -0.39 is 12.0 Å². The van der Waals surface area contributed by atoms with Crippen LogP contribution in [0.5, 0.6) is 5.75 Å². The molecular formula is C26H28FNO4. The number of ether oxygens (including phenoxy) is 2. The molecule has 0 radical (unpaired) electrons. The van der Waals surface area contributed by atoms with Crippen molar-refractivity contribution in [1.82, 2.24) is 0 Å². The lowest BCUT2D eigenvalue weighted by atomic mass is 9.96. The maximum Gasteiger partial charge on any atom is 0.307 e. The average Bonchev–Trinajstić information content (AvgIpc) is 2.76. The van der Waals surface area contributed by atoms with Crippen molar-refractivity contribution in [2.24, 2.45) is 5.73 Å². The fraction of sp³-hybridized carbons (Fsp3) is 0.269. The number of hydrogen-bond acceptors (Lipinski definition) is 4. The minimum atomic E-state index is -0.925. The Morgan fingerprint density at radius 1 is 1.06 bits per heavy atom. The molecule has 0 saturated carbocycles. The van der Waals surface area contributed by atoms with Crippen LogP contribution < -0.4 is 10.5 Å². The fourth-order valence-electron chi connectivity index (χ4n) is 3.54. The molecule has 6 heteroatoms. The largest absolute Gasteiger partial charge is 0.489 e. The molecular weight excluding hydrogens is 409 g/mol. The fourth-order valence-corrected chi connectivity index (χ4v) is 3.54. The van der Waals surface area contributed by atoms with Gasteiger partial charge in [-0.1, -0.05) is 42.5 Å². The summed E-state index contributed by atoms with van der Waals surface area (Å²) in [7, 11) is 0. The van der Waals surface area contributed by atoms with Crippen LogP contribution in [0.15, 0.2) is 60.7 Å². The van der Waals surface area contributed by atoms with E-state index in [1.807, 2.05) is 25.1 Å². The zero-order valence-corrected chi connectivity index (χ0v) is 18.3. The molecule has 0 aliphatic heterocycles. The molecule has 3 N–H and O–H groups in total. The smallest absolute Gasteiger partial charge is 0.307 e. The molecule has 0 aromatic heterocycles. The maximum absolute atomic E-state index is 15.2. The first-order chi connectivity index (χ1) is 15.4. The molecule has 0 aliphatic carbocycles. The van der Waals surface area contributed by atoms with E-state index in [1.165, 1.54) is 0 Å². The lowest BCUT2D eigenvalue weighted by Crippen LogP contribution is -2.08. The van der Waals surface area contributed by atoms with Gasteiger partial charge in [0, 0.05) is 29.3 Å². The predicted molar refractivity (Wildman–Crippen MR) is 122 cm³/mol. The van der Waals surface area contributed by atoms with E-state index in [2.05, 4.69) is 0 Å². The molecule has 168 valence electrons. The summed E-state index contributed by atoms with van der Waals surface area (Å²) in [6, 6.07) is 17.6. The number of carboxylic acid groups (broad SMARTS) is 1. The summed E-state index contributed by atoms with van der Waals surface area (Å²) < 4.78 is 26.7. The average molecular weight is 438 g/mol. The number of carboxylic acids is 1. The van der Waals surface area contributed by atoms with Gasteiger partial charge in [-0.15, -0.1) is 0 Å². The minimum Gasteiger partial charge on any atom is -0.489 e. The summed E-state index contributed by atoms with van der Waals surface area (Å²) in [6.07, 6.45) is -0.124. The molecule has 3 rings (SSSR count). The van der Waals surface area contributed by atoms with Gasteiger partial charge in [-0.3, -0.25) is 4.79 Å². The van der Waals surface area contributed by atoms with Crippen LogP contribution in [-0.2, 0) is 29.2 Å². The molecule has 0 aliphatic rings. The second-order valence-electron chi connectivity index (χ2n) is 7.64. The van der Waals surface area contributed by atoms with Crippen molar-refractivity contribution in [1.29, 1.82) is 0 Å². The highest BCUT2D eigenvalue weighted by Crippen LogP contribution is 2.30. The van der Waals surface area contributed by atoms with Gasteiger partial charge in [-0.05, 0) is 48.7 Å². The first kappa shape index (κ1) is 23.4. The van der Waals surface area contributed by atoms with Crippen molar-refractivity contribution >= 4 is 5.97 Å². The number of nitrogens with two attached hydrogens (primary N) is 1. The van der Waals surface area contributed by atoms with Crippen LogP contribution in [0.4, 0.5) is 4.39 Å². The molecule has 5 nitrogen and oxygen atoms in total. The number of halogens is 1. The predicted octanol–water partition coefficient (Wildman–Crippen LogP) is 5.26. The molecule has 32 heavy (non-hydrogen) atoms. The Kier molecular flexibility index (Phi) is 7.98. The van der Waals surface area contributed by atoms with Crippen molar-refractivity contribution < 1.29 is 23.8 Å². The van der Waals surface area contributed by atoms with E-state index in [1.54, 1.807) is 49.4 Å². The molecule has 0 amide bonds. The van der Waals surface area contributed by atoms with Crippen molar-refractivity contribution in [3.05, 3.63) is 88.7 Å². The Morgan fingerprint density at radius 3 is 2.47 bits per heavy atom. The SMILES string of the molecule is CCOCc1cc(COc2ccccc2CC(=O)O)cc(-c2cccc([C@@H](C)N)c2F)c1. The summed E-state index contributed by atoms with van der Waals surface area (Å²) >= 11 is 0. The molecule has 0 unspecified atom stereocenters. The van der Waals surface area contributed by atoms with Gasteiger partial charge in [0.05, 0.1) is 13.0 Å². The van der Waals surface area contributed by atoms with Crippen molar-refractivity contribution in [3.63, 3.8) is 0 Å². The van der Waals surface area contributed by atoms with E-state index in [4.69, 9.17) is 20.3 Å². The lowest BCUT2D eigenvalue weighted by Gasteiger charge is -2.15. The third kappa shape index (κ3) is 5.93. The molecule has 0 bridgehead atoms. The first-order valence-electron chi connectivity index (χ1n) is 10.6. The van der Waals surface area contributed by atoms with Gasteiger partial charge < -0.3 is 20.3 Å². The van der Waals surface area contributed by atoms with Crippen LogP contribution in [-0.4, -0.2) is 17.7 Å². The van der Waals surface area contributed by atoms with Crippen LogP contribution in [0.3, 0.4) is 0 Å². The van der Waals surface area contributed by atoms with E-state index >= 15 is 4.39 Å². The Hall–Kier alpha value is -3.22. The second kappa shape index (κ2) is 10.9. The van der Waals surface area contributed by atoms with E-state index in [0.717, 1.165) is 11.1 Å². The molecule has 0 saturated heterocycles. The molecule has 1 atom stereocenters. The monoisotopic (exact) mass is 437 g/mol. The molecule has 0 spiro atoms. The minimum absolute atomic E-state index is 0.124. The van der Waals surface area contributed by atoms with Crippen molar-refractivity contribution in [2.75, 3.05) is 6.61 Å². The van der Waals surface area contributed by atoms with E-state index in [-0.39, 0.29) is 18.8 Å². The van der Waals surface area contributed by atoms with E-state index in [0.29, 0.717) is 41.2 Å². The van der Waals surface area contributed by atoms with Crippen LogP contribution in [0.2, 0.25) is 0 Å². The molecule has 0 heterocycles. The summed E-state index contributed by atoms with van der Waals surface area (Å²) in [6.45, 7) is 4.83. The molecule has 0 fully saturated rings. The zero-order valence-electron chi connectivity index (χ0n) is 18.3. The van der Waals surface area contributed by atoms with Crippen LogP contribution in [0.1, 0.15) is 42.1 Å². The number of benzene rings is 3. The van der Waals surface area contributed by atoms with Gasteiger partial charge in [0.25, 0.3) is 0 Å². The third-order valence-electron chi connectivity index (χ3n) is 5.06. The van der Waals surface area contributed by atoms with Gasteiger partial charge in [0.1, 0.15) is 18.2 Å². The van der Waals surface area contributed by atoms with Gasteiger partial charge in [-0.25, -0.2) is 4.39 Å². The van der Waals surface area contributed by atoms with Crippen LogP contribution in [0, 0.1) is 5.82 Å². The highest BCUT2D eigenvalue weighted by Gasteiger charge is 2.15. The van der Waals surface area contributed by atoms with Gasteiger partial charge in [0.2, 0.25) is 0 Å². The summed E-state index contributed by atoms with van der Waals surface area (Å²) in [5.41, 5.74) is 9.88. The summed E-state index contributed by atoms with van der Waals surface area (Å²) in [5, 5.41) is 9.13. The van der Waals surface area contributed by atoms with E-state index in [9.17, 15) is 4.79 Å². The maximum atomic E-state index is 15.2. The number of carbonyl (C=O) groups is 1. The summed E-state index contributed by atoms with van der Waals surface area (Å²) in [5.74, 6) is -0.752. The Morgan fingerprint density at radius 2 is 1.78 bits per heavy atom. The quantitative estimate of drug-likeness (QED) is 0.452. The number of aliphatic carboxylic acids is 1. The Bertz CT molecular complexity index is 1080. The number of rotatable bonds is 10. The van der Waals surface area contributed by atoms with Gasteiger partial charge >= 0.3 is 5.97 Å². The number of para-hydroxylation sites is 1. The van der Waals surface area contributed by atoms with Crippen molar-refractivity contribution in [2.45, 2.75) is 39.5 Å². The van der Waals surface area contributed by atoms with Gasteiger partial charge in [-0.2, -0.15) is 0 Å². The zero-order chi connectivity index (χ0) is 23.1. The van der Waals surface area contributed by atoms with Crippen LogP contribution in [0.25, 0.3) is 11.1 Å². The van der Waals surface area contributed by atoms with Crippen molar-refractivity contribution in [3.8, 4) is 16.9 Å². The van der Waals surface area contributed by atoms with Gasteiger partial charge in [0.15, 0.2) is 0 Å². The molecule has 3 aromatic rings.